The number of amides is 2. The average molecular weight is 395 g/mol. The van der Waals surface area contributed by atoms with E-state index in [0.29, 0.717) is 11.4 Å². The minimum atomic E-state index is -0.554. The molecule has 0 fully saturated rings. The van der Waals surface area contributed by atoms with Crippen molar-refractivity contribution in [2.45, 2.75) is 0 Å². The van der Waals surface area contributed by atoms with Crippen LogP contribution in [-0.4, -0.2) is 35.9 Å². The molecule has 0 aliphatic carbocycles. The first kappa shape index (κ1) is 19.7. The van der Waals surface area contributed by atoms with Crippen LogP contribution in [0.4, 0.5) is 15.8 Å². The second-order valence-electron chi connectivity index (χ2n) is 5.83. The van der Waals surface area contributed by atoms with Gasteiger partial charge in [-0.05, 0) is 30.3 Å². The summed E-state index contributed by atoms with van der Waals surface area (Å²) in [6.45, 7) is 0. The van der Waals surface area contributed by atoms with Gasteiger partial charge in [0.2, 0.25) is 0 Å². The number of pyridine rings is 2. The van der Waals surface area contributed by atoms with Crippen molar-refractivity contribution in [2.75, 3.05) is 19.4 Å². The fourth-order valence-corrected chi connectivity index (χ4v) is 2.44. The molecule has 0 aliphatic heterocycles. The van der Waals surface area contributed by atoms with Gasteiger partial charge < -0.3 is 20.7 Å². The predicted molar refractivity (Wildman–Crippen MR) is 105 cm³/mol. The van der Waals surface area contributed by atoms with Gasteiger partial charge in [0.1, 0.15) is 28.7 Å². The van der Waals surface area contributed by atoms with Crippen LogP contribution in [-0.2, 0) is 0 Å². The molecule has 3 aromatic rings. The highest BCUT2D eigenvalue weighted by Crippen LogP contribution is 2.27. The van der Waals surface area contributed by atoms with E-state index in [0.717, 1.165) is 0 Å². The van der Waals surface area contributed by atoms with E-state index in [9.17, 15) is 14.0 Å². The first-order valence-corrected chi connectivity index (χ1v) is 8.61. The van der Waals surface area contributed by atoms with Crippen LogP contribution < -0.4 is 20.7 Å². The van der Waals surface area contributed by atoms with E-state index in [4.69, 9.17) is 4.74 Å². The fourth-order valence-electron chi connectivity index (χ4n) is 2.44. The molecule has 2 heterocycles. The second-order valence-corrected chi connectivity index (χ2v) is 5.83. The molecule has 29 heavy (non-hydrogen) atoms. The summed E-state index contributed by atoms with van der Waals surface area (Å²) in [5.41, 5.74) is 1.11. The first-order chi connectivity index (χ1) is 14.0. The summed E-state index contributed by atoms with van der Waals surface area (Å²) in [4.78, 5) is 31.2. The predicted octanol–water partition coefficient (Wildman–Crippen LogP) is 2.87. The van der Waals surface area contributed by atoms with E-state index < -0.39 is 5.82 Å². The van der Waals surface area contributed by atoms with Gasteiger partial charge in [-0.3, -0.25) is 19.6 Å². The van der Waals surface area contributed by atoms with Crippen molar-refractivity contribution in [1.29, 1.82) is 0 Å². The van der Waals surface area contributed by atoms with Crippen molar-refractivity contribution in [3.8, 4) is 11.5 Å². The molecule has 1 aromatic carbocycles. The zero-order chi connectivity index (χ0) is 20.8. The number of halogens is 1. The molecule has 0 atom stereocenters. The van der Waals surface area contributed by atoms with Crippen LogP contribution in [0, 0.1) is 5.82 Å². The number of anilines is 2. The quantitative estimate of drug-likeness (QED) is 0.593. The Balaban J connectivity index is 1.76. The van der Waals surface area contributed by atoms with Gasteiger partial charge in [0.05, 0.1) is 5.69 Å². The zero-order valence-corrected chi connectivity index (χ0v) is 15.7. The van der Waals surface area contributed by atoms with Gasteiger partial charge in [-0.15, -0.1) is 0 Å². The Morgan fingerprint density at radius 1 is 0.862 bits per heavy atom. The summed E-state index contributed by atoms with van der Waals surface area (Å²) >= 11 is 0. The molecule has 2 amide bonds. The molecule has 0 bridgehead atoms. The lowest BCUT2D eigenvalue weighted by atomic mass is 10.2. The highest BCUT2D eigenvalue weighted by atomic mass is 19.1. The standard InChI is InChI=1S/C20H18FN5O3/c1-22-19(27)17-9-12(5-7-24-17)26-16-4-3-13(10-15(16)21)29-14-6-8-25-18(11-14)20(28)23-2/h3-11H,1-2H3,(H,22,27)(H,23,28)(H,24,26). The van der Waals surface area contributed by atoms with Crippen LogP contribution in [0.2, 0.25) is 0 Å². The molecule has 0 unspecified atom stereocenters. The van der Waals surface area contributed by atoms with Gasteiger partial charge >= 0.3 is 0 Å². The molecule has 0 saturated carbocycles. The number of ether oxygens (including phenoxy) is 1. The molecule has 3 rings (SSSR count). The Morgan fingerprint density at radius 2 is 1.48 bits per heavy atom. The van der Waals surface area contributed by atoms with Gasteiger partial charge in [0, 0.05) is 44.3 Å². The lowest BCUT2D eigenvalue weighted by Crippen LogP contribution is -2.19. The number of benzene rings is 1. The van der Waals surface area contributed by atoms with Crippen molar-refractivity contribution < 1.29 is 18.7 Å². The van der Waals surface area contributed by atoms with Crippen LogP contribution in [0.3, 0.4) is 0 Å². The number of hydrogen-bond donors (Lipinski definition) is 3. The van der Waals surface area contributed by atoms with E-state index in [2.05, 4.69) is 25.9 Å². The maximum absolute atomic E-state index is 14.5. The van der Waals surface area contributed by atoms with Crippen LogP contribution in [0.15, 0.2) is 54.9 Å². The van der Waals surface area contributed by atoms with Gasteiger partial charge in [0.25, 0.3) is 11.8 Å². The minimum Gasteiger partial charge on any atom is -0.457 e. The number of aromatic nitrogens is 2. The lowest BCUT2D eigenvalue weighted by Gasteiger charge is -2.11. The Bertz CT molecular complexity index is 1060. The SMILES string of the molecule is CNC(=O)c1cc(Nc2ccc(Oc3ccnc(C(=O)NC)c3)cc2F)ccn1. The molecule has 0 aliphatic rings. The Labute approximate surface area is 166 Å². The van der Waals surface area contributed by atoms with Crippen molar-refractivity contribution in [1.82, 2.24) is 20.6 Å². The van der Waals surface area contributed by atoms with Crippen LogP contribution in [0.25, 0.3) is 0 Å². The molecular weight excluding hydrogens is 377 g/mol. The summed E-state index contributed by atoms with van der Waals surface area (Å²) in [7, 11) is 3.00. The monoisotopic (exact) mass is 395 g/mol. The normalized spacial score (nSPS) is 10.2. The third-order valence-electron chi connectivity index (χ3n) is 3.87. The fraction of sp³-hybridized carbons (Fsp3) is 0.100. The Hall–Kier alpha value is -4.01. The van der Waals surface area contributed by atoms with E-state index in [1.54, 1.807) is 18.2 Å². The number of carbonyl (C=O) groups excluding carboxylic acids is 2. The largest absolute Gasteiger partial charge is 0.457 e. The number of hydrogen-bond acceptors (Lipinski definition) is 6. The van der Waals surface area contributed by atoms with Crippen molar-refractivity contribution >= 4 is 23.2 Å². The molecule has 148 valence electrons. The minimum absolute atomic E-state index is 0.188. The van der Waals surface area contributed by atoms with Gasteiger partial charge in [-0.1, -0.05) is 0 Å². The van der Waals surface area contributed by atoms with Crippen LogP contribution in [0.5, 0.6) is 11.5 Å². The molecule has 3 N–H and O–H groups in total. The van der Waals surface area contributed by atoms with Crippen molar-refractivity contribution in [3.63, 3.8) is 0 Å². The van der Waals surface area contributed by atoms with E-state index in [1.807, 2.05) is 0 Å². The van der Waals surface area contributed by atoms with Crippen molar-refractivity contribution in [3.05, 3.63) is 72.1 Å². The number of rotatable bonds is 6. The highest BCUT2D eigenvalue weighted by Gasteiger charge is 2.10. The summed E-state index contributed by atoms with van der Waals surface area (Å²) < 4.78 is 20.1. The maximum atomic E-state index is 14.5. The lowest BCUT2D eigenvalue weighted by molar-refractivity contribution is 0.0950. The van der Waals surface area contributed by atoms with E-state index in [-0.39, 0.29) is 34.6 Å². The van der Waals surface area contributed by atoms with Crippen LogP contribution >= 0.6 is 0 Å². The topological polar surface area (TPSA) is 105 Å². The molecule has 8 nitrogen and oxygen atoms in total. The van der Waals surface area contributed by atoms with Crippen molar-refractivity contribution in [2.24, 2.45) is 0 Å². The summed E-state index contributed by atoms with van der Waals surface area (Å²) in [5.74, 6) is -0.645. The third-order valence-corrected chi connectivity index (χ3v) is 3.87. The summed E-state index contributed by atoms with van der Waals surface area (Å²) in [6.07, 6.45) is 2.88. The second kappa shape index (κ2) is 8.79. The summed E-state index contributed by atoms with van der Waals surface area (Å²) in [6, 6.07) is 10.4. The molecule has 9 heteroatoms. The molecule has 2 aromatic heterocycles. The van der Waals surface area contributed by atoms with Gasteiger partial charge in [0.15, 0.2) is 0 Å². The Morgan fingerprint density at radius 3 is 2.14 bits per heavy atom. The summed E-state index contributed by atoms with van der Waals surface area (Å²) in [5, 5.41) is 7.85. The maximum Gasteiger partial charge on any atom is 0.269 e. The Kier molecular flexibility index (Phi) is 5.98. The van der Waals surface area contributed by atoms with E-state index in [1.165, 1.54) is 50.8 Å². The molecule has 0 saturated heterocycles. The number of carbonyl (C=O) groups is 2. The third kappa shape index (κ3) is 4.83. The van der Waals surface area contributed by atoms with Gasteiger partial charge in [-0.2, -0.15) is 0 Å². The number of nitrogens with one attached hydrogen (secondary N) is 3. The molecule has 0 spiro atoms. The molecular formula is C20H18FN5O3. The van der Waals surface area contributed by atoms with Crippen LogP contribution in [0.1, 0.15) is 21.0 Å². The average Bonchev–Trinajstić information content (AvgIpc) is 2.75. The first-order valence-electron chi connectivity index (χ1n) is 8.61. The highest BCUT2D eigenvalue weighted by molar-refractivity contribution is 5.93. The number of nitrogens with zero attached hydrogens (tertiary/aromatic N) is 2. The van der Waals surface area contributed by atoms with E-state index >= 15 is 0 Å². The molecule has 0 radical (unpaired) electrons. The zero-order valence-electron chi connectivity index (χ0n) is 15.7. The van der Waals surface area contributed by atoms with Gasteiger partial charge in [-0.25, -0.2) is 4.39 Å². The smallest absolute Gasteiger partial charge is 0.269 e.